The van der Waals surface area contributed by atoms with Gasteiger partial charge in [0.25, 0.3) is 0 Å². The fourth-order valence-electron chi connectivity index (χ4n) is 4.01. The molecule has 232 valence electrons. The van der Waals surface area contributed by atoms with Gasteiger partial charge >= 0.3 is 11.9 Å². The molecule has 0 saturated carbocycles. The predicted molar refractivity (Wildman–Crippen MR) is 156 cm³/mol. The summed E-state index contributed by atoms with van der Waals surface area (Å²) in [5.74, 6) is -5.61. The monoisotopic (exact) mass is 599 g/mol. The number of carbonyl (C=O) groups is 5. The Bertz CT molecular complexity index is 1280. The Morgan fingerprint density at radius 3 is 1.88 bits per heavy atom. The molecule has 0 spiro atoms. The minimum atomic E-state index is -1.60. The molecule has 0 aromatic heterocycles. The van der Waals surface area contributed by atoms with Crippen LogP contribution in [0.1, 0.15) is 30.4 Å². The number of carboxylic acid groups (broad SMARTS) is 2. The number of aliphatic carboxylic acids is 2. The number of nitrogens with one attached hydrogen (secondary N) is 3. The van der Waals surface area contributed by atoms with Gasteiger partial charge < -0.3 is 48.5 Å². The van der Waals surface area contributed by atoms with E-state index in [1.165, 1.54) is 24.3 Å². The van der Waals surface area contributed by atoms with Crippen molar-refractivity contribution in [1.82, 2.24) is 16.0 Å². The lowest BCUT2D eigenvalue weighted by atomic mass is 10.0. The molecule has 12 N–H and O–H groups in total. The zero-order chi connectivity index (χ0) is 31.9. The van der Waals surface area contributed by atoms with Gasteiger partial charge in [0.15, 0.2) is 5.96 Å². The highest BCUT2D eigenvalue weighted by atomic mass is 16.4. The number of nitrogens with two attached hydrogens (primary N) is 3. The number of aromatic hydroxyl groups is 1. The molecule has 2 aromatic carbocycles. The Kier molecular flexibility index (Phi) is 13.4. The standard InChI is InChI=1S/C28H37N7O8/c29-19(13-16-5-2-1-3-6-16)24(39)34-22(15-23(37)38)26(41)35-21(14-17-8-10-18(36)11-9-17)25(40)33-20(27(42)43)7-4-12-32-28(30)31/h1-3,5-6,8-11,19-22,36H,4,7,12-15,29H2,(H,33,40)(H,34,39)(H,35,41)(H,37,38)(H,42,43)(H4,30,31,32). The van der Waals surface area contributed by atoms with Crippen molar-refractivity contribution in [3.63, 3.8) is 0 Å². The third kappa shape index (κ3) is 12.5. The van der Waals surface area contributed by atoms with E-state index in [0.29, 0.717) is 5.56 Å². The fraction of sp³-hybridized carbons (Fsp3) is 0.357. The van der Waals surface area contributed by atoms with E-state index >= 15 is 0 Å². The van der Waals surface area contributed by atoms with Crippen molar-refractivity contribution in [2.24, 2.45) is 22.2 Å². The van der Waals surface area contributed by atoms with Crippen LogP contribution in [0.25, 0.3) is 0 Å². The van der Waals surface area contributed by atoms with Crippen molar-refractivity contribution < 1.29 is 39.3 Å². The molecular weight excluding hydrogens is 562 g/mol. The van der Waals surface area contributed by atoms with Crippen LogP contribution in [0, 0.1) is 0 Å². The lowest BCUT2D eigenvalue weighted by molar-refractivity contribution is -0.143. The summed E-state index contributed by atoms with van der Waals surface area (Å²) >= 11 is 0. The third-order valence-corrected chi connectivity index (χ3v) is 6.22. The van der Waals surface area contributed by atoms with Crippen LogP contribution in [0.4, 0.5) is 0 Å². The molecule has 3 amide bonds. The summed E-state index contributed by atoms with van der Waals surface area (Å²) in [5.41, 5.74) is 17.8. The van der Waals surface area contributed by atoms with Crippen LogP contribution < -0.4 is 33.2 Å². The van der Waals surface area contributed by atoms with Crippen molar-refractivity contribution >= 4 is 35.6 Å². The number of carboxylic acids is 2. The Morgan fingerprint density at radius 2 is 1.30 bits per heavy atom. The maximum absolute atomic E-state index is 13.3. The number of hydrogen-bond donors (Lipinski definition) is 9. The molecule has 15 nitrogen and oxygen atoms in total. The van der Waals surface area contributed by atoms with Gasteiger partial charge in [-0.3, -0.25) is 24.2 Å². The highest BCUT2D eigenvalue weighted by Gasteiger charge is 2.31. The molecule has 2 rings (SSSR count). The summed E-state index contributed by atoms with van der Waals surface area (Å²) in [6, 6.07) is 9.09. The molecule has 0 aliphatic rings. The Hall–Kier alpha value is -5.18. The van der Waals surface area contributed by atoms with Crippen LogP contribution in [-0.4, -0.2) is 81.7 Å². The van der Waals surface area contributed by atoms with Crippen LogP contribution in [0.15, 0.2) is 59.6 Å². The van der Waals surface area contributed by atoms with E-state index in [-0.39, 0.29) is 43.9 Å². The van der Waals surface area contributed by atoms with Crippen molar-refractivity contribution in [2.45, 2.75) is 56.3 Å². The minimum Gasteiger partial charge on any atom is -0.508 e. The summed E-state index contributed by atoms with van der Waals surface area (Å²) in [6.45, 7) is 0.124. The average molecular weight is 600 g/mol. The first kappa shape index (κ1) is 34.0. The van der Waals surface area contributed by atoms with Gasteiger partial charge in [0.05, 0.1) is 12.5 Å². The largest absolute Gasteiger partial charge is 0.508 e. The molecule has 0 bridgehead atoms. The van der Waals surface area contributed by atoms with Gasteiger partial charge in [-0.25, -0.2) is 4.79 Å². The molecule has 4 atom stereocenters. The number of benzene rings is 2. The Balaban J connectivity index is 2.21. The van der Waals surface area contributed by atoms with Gasteiger partial charge in [-0.2, -0.15) is 0 Å². The number of amides is 3. The molecule has 0 aliphatic heterocycles. The second-order valence-electron chi connectivity index (χ2n) is 9.74. The SMILES string of the molecule is NC(N)=NCCCC(NC(=O)C(Cc1ccc(O)cc1)NC(=O)C(CC(=O)O)NC(=O)C(N)Cc1ccccc1)C(=O)O. The molecule has 0 aliphatic carbocycles. The summed E-state index contributed by atoms with van der Waals surface area (Å²) in [7, 11) is 0. The van der Waals surface area contributed by atoms with Crippen LogP contribution in [0.3, 0.4) is 0 Å². The lowest BCUT2D eigenvalue weighted by Crippen LogP contribution is -2.58. The second kappa shape index (κ2) is 16.9. The predicted octanol–water partition coefficient (Wildman–Crippen LogP) is -1.43. The van der Waals surface area contributed by atoms with Crippen molar-refractivity contribution in [2.75, 3.05) is 6.54 Å². The first-order valence-electron chi connectivity index (χ1n) is 13.3. The number of aliphatic imine (C=N–C) groups is 1. The average Bonchev–Trinajstić information content (AvgIpc) is 2.94. The molecule has 43 heavy (non-hydrogen) atoms. The van der Waals surface area contributed by atoms with Crippen molar-refractivity contribution in [3.8, 4) is 5.75 Å². The summed E-state index contributed by atoms with van der Waals surface area (Å²) in [4.78, 5) is 66.4. The number of phenols is 1. The van der Waals surface area contributed by atoms with Gasteiger partial charge in [-0.05, 0) is 42.5 Å². The molecule has 15 heteroatoms. The number of rotatable bonds is 17. The second-order valence-corrected chi connectivity index (χ2v) is 9.74. The van der Waals surface area contributed by atoms with E-state index in [4.69, 9.17) is 17.2 Å². The molecule has 2 aromatic rings. The number of carbonyl (C=O) groups excluding carboxylic acids is 3. The van der Waals surface area contributed by atoms with E-state index in [2.05, 4.69) is 20.9 Å². The topological polar surface area (TPSA) is 273 Å². The molecule has 0 saturated heterocycles. The zero-order valence-corrected chi connectivity index (χ0v) is 23.3. The van der Waals surface area contributed by atoms with Crippen molar-refractivity contribution in [3.05, 3.63) is 65.7 Å². The molecule has 0 fully saturated rings. The fourth-order valence-corrected chi connectivity index (χ4v) is 4.01. The summed E-state index contributed by atoms with van der Waals surface area (Å²) in [6.07, 6.45) is -0.653. The smallest absolute Gasteiger partial charge is 0.326 e. The maximum Gasteiger partial charge on any atom is 0.326 e. The van der Waals surface area contributed by atoms with Crippen LogP contribution in [-0.2, 0) is 36.8 Å². The number of phenolic OH excluding ortho intramolecular Hbond substituents is 1. The summed E-state index contributed by atoms with van der Waals surface area (Å²) < 4.78 is 0. The zero-order valence-electron chi connectivity index (χ0n) is 23.3. The van der Waals surface area contributed by atoms with E-state index in [0.717, 1.165) is 5.56 Å². The Morgan fingerprint density at radius 1 is 0.744 bits per heavy atom. The highest BCUT2D eigenvalue weighted by Crippen LogP contribution is 2.12. The number of guanidine groups is 1. The van der Waals surface area contributed by atoms with E-state index < -0.39 is 60.2 Å². The van der Waals surface area contributed by atoms with E-state index in [9.17, 15) is 39.3 Å². The molecule has 0 heterocycles. The maximum atomic E-state index is 13.3. The van der Waals surface area contributed by atoms with Crippen molar-refractivity contribution in [1.29, 1.82) is 0 Å². The minimum absolute atomic E-state index is 0.0330. The number of nitrogens with zero attached hydrogens (tertiary/aromatic N) is 1. The van der Waals surface area contributed by atoms with E-state index in [1.807, 2.05) is 0 Å². The van der Waals surface area contributed by atoms with Crippen LogP contribution in [0.5, 0.6) is 5.75 Å². The van der Waals surface area contributed by atoms with Gasteiger partial charge in [0, 0.05) is 13.0 Å². The third-order valence-electron chi connectivity index (χ3n) is 6.22. The summed E-state index contributed by atoms with van der Waals surface area (Å²) in [5, 5.41) is 35.7. The quantitative estimate of drug-likeness (QED) is 0.0577. The first-order chi connectivity index (χ1) is 20.3. The van der Waals surface area contributed by atoms with Gasteiger partial charge in [-0.15, -0.1) is 0 Å². The van der Waals surface area contributed by atoms with Crippen LogP contribution in [0.2, 0.25) is 0 Å². The van der Waals surface area contributed by atoms with Gasteiger partial charge in [-0.1, -0.05) is 42.5 Å². The number of hydrogen-bond acceptors (Lipinski definition) is 8. The first-order valence-corrected chi connectivity index (χ1v) is 13.3. The van der Waals surface area contributed by atoms with E-state index in [1.54, 1.807) is 30.3 Å². The normalized spacial score (nSPS) is 13.4. The lowest BCUT2D eigenvalue weighted by Gasteiger charge is -2.25. The highest BCUT2D eigenvalue weighted by molar-refractivity contribution is 5.95. The van der Waals surface area contributed by atoms with Crippen LogP contribution >= 0.6 is 0 Å². The van der Waals surface area contributed by atoms with Gasteiger partial charge in [0.1, 0.15) is 23.9 Å². The molecule has 0 radical (unpaired) electrons. The Labute approximate surface area is 247 Å². The molecular formula is C28H37N7O8. The molecule has 4 unspecified atom stereocenters. The van der Waals surface area contributed by atoms with Gasteiger partial charge in [0.2, 0.25) is 17.7 Å².